The highest BCUT2D eigenvalue weighted by molar-refractivity contribution is 8.00. The van der Waals surface area contributed by atoms with Gasteiger partial charge < -0.3 is 40.7 Å². The molecule has 296 valence electrons. The van der Waals surface area contributed by atoms with Gasteiger partial charge in [-0.25, -0.2) is 4.39 Å². The zero-order valence-corrected chi connectivity index (χ0v) is 32.4. The lowest BCUT2D eigenvalue weighted by molar-refractivity contribution is -0.900. The van der Waals surface area contributed by atoms with Crippen molar-refractivity contribution in [3.05, 3.63) is 137 Å². The predicted molar refractivity (Wildman–Crippen MR) is 210 cm³/mol. The van der Waals surface area contributed by atoms with Gasteiger partial charge in [0.05, 0.1) is 32.3 Å². The lowest BCUT2D eigenvalue weighted by atomic mass is 9.77. The smallest absolute Gasteiger partial charge is 0.278 e. The van der Waals surface area contributed by atoms with Crippen LogP contribution in [-0.2, 0) is 29.6 Å². The fourth-order valence-electron chi connectivity index (χ4n) is 6.80. The van der Waals surface area contributed by atoms with Crippen LogP contribution in [0.4, 0.5) is 9.52 Å². The van der Waals surface area contributed by atoms with E-state index in [0.29, 0.717) is 0 Å². The molecule has 57 heavy (non-hydrogen) atoms. The van der Waals surface area contributed by atoms with E-state index >= 15 is 0 Å². The quantitative estimate of drug-likeness (QED) is 0.0394. The van der Waals surface area contributed by atoms with E-state index in [1.807, 2.05) is 91.0 Å². The van der Waals surface area contributed by atoms with Gasteiger partial charge in [0.25, 0.3) is 24.6 Å². The summed E-state index contributed by atoms with van der Waals surface area (Å²) < 4.78 is 17.6. The van der Waals surface area contributed by atoms with Gasteiger partial charge in [-0.2, -0.15) is 9.36 Å². The number of aliphatic hydroxyl groups is 1. The summed E-state index contributed by atoms with van der Waals surface area (Å²) in [5.74, 6) is -4.05. The second-order valence-corrected chi connectivity index (χ2v) is 15.4. The van der Waals surface area contributed by atoms with Gasteiger partial charge in [-0.3, -0.25) is 19.3 Å². The van der Waals surface area contributed by atoms with Crippen LogP contribution in [0, 0.1) is 0 Å². The number of thioether (sulfide) groups is 1. The molecule has 3 amide bonds. The highest BCUT2D eigenvalue weighted by Crippen LogP contribution is 2.42. The molecule has 0 radical (unpaired) electrons. The van der Waals surface area contributed by atoms with Crippen molar-refractivity contribution in [2.45, 2.75) is 23.0 Å². The van der Waals surface area contributed by atoms with Crippen molar-refractivity contribution < 1.29 is 43.1 Å². The van der Waals surface area contributed by atoms with Crippen LogP contribution in [0.2, 0.25) is 0 Å². The average Bonchev–Trinajstić information content (AvgIpc) is 3.67. The number of halogens is 1. The lowest BCUT2D eigenvalue weighted by Crippen LogP contribution is -2.71. The Morgan fingerprint density at radius 2 is 1.65 bits per heavy atom. The Morgan fingerprint density at radius 1 is 1.07 bits per heavy atom. The van der Waals surface area contributed by atoms with Crippen molar-refractivity contribution in [2.24, 2.45) is 10.9 Å². The normalized spacial score (nSPS) is 17.8. The van der Waals surface area contributed by atoms with Gasteiger partial charge in [0, 0.05) is 17.3 Å². The first kappa shape index (κ1) is 40.7. The average molecular weight is 815 g/mol. The van der Waals surface area contributed by atoms with E-state index in [1.165, 1.54) is 17.8 Å². The second-order valence-electron chi connectivity index (χ2n) is 13.6. The summed E-state index contributed by atoms with van der Waals surface area (Å²) in [4.78, 5) is 61.6. The van der Waals surface area contributed by atoms with Crippen molar-refractivity contribution in [2.75, 3.05) is 45.2 Å². The Kier molecular flexibility index (Phi) is 12.5. The Balaban J connectivity index is 1.24. The Morgan fingerprint density at radius 3 is 2.16 bits per heavy atom. The molecule has 2 aliphatic heterocycles. The molecule has 0 aliphatic carbocycles. The van der Waals surface area contributed by atoms with Gasteiger partial charge in [0.15, 0.2) is 6.04 Å². The Hall–Kier alpha value is -5.95. The largest absolute Gasteiger partial charge is 0.543 e. The predicted octanol–water partition coefficient (Wildman–Crippen LogP) is 1.47. The van der Waals surface area contributed by atoms with Crippen molar-refractivity contribution >= 4 is 57.8 Å². The van der Waals surface area contributed by atoms with Gasteiger partial charge in [0.1, 0.15) is 23.6 Å². The molecule has 6 rings (SSSR count). The monoisotopic (exact) mass is 814 g/mol. The summed E-state index contributed by atoms with van der Waals surface area (Å²) >= 11 is 2.13. The first-order valence-electron chi connectivity index (χ1n) is 17.6. The Labute approximate surface area is 335 Å². The van der Waals surface area contributed by atoms with Crippen molar-refractivity contribution in [3.8, 4) is 0 Å². The molecular formula is C39H39FN8O7S2. The number of aliphatic hydroxyl groups excluding tert-OH is 1. The molecule has 0 unspecified atom stereocenters. The van der Waals surface area contributed by atoms with E-state index < -0.39 is 65.9 Å². The van der Waals surface area contributed by atoms with Gasteiger partial charge in [-0.15, -0.1) is 11.8 Å². The minimum atomic E-state index is -1.60. The molecule has 1 saturated heterocycles. The van der Waals surface area contributed by atoms with E-state index in [2.05, 4.69) is 30.0 Å². The molecule has 0 saturated carbocycles. The molecule has 3 aromatic carbocycles. The highest BCUT2D eigenvalue weighted by atomic mass is 32.2. The number of likely N-dealkylation sites (N-methyl/N-ethyl adjacent to an activating group) is 1. The fourth-order valence-corrected chi connectivity index (χ4v) is 8.75. The third kappa shape index (κ3) is 8.29. The first-order valence-corrected chi connectivity index (χ1v) is 19.4. The summed E-state index contributed by atoms with van der Waals surface area (Å²) in [6, 6.07) is 27.1. The van der Waals surface area contributed by atoms with Crippen LogP contribution in [0.15, 0.2) is 120 Å². The molecular weight excluding hydrogens is 776 g/mol. The maximum absolute atomic E-state index is 13.8. The van der Waals surface area contributed by atoms with E-state index in [9.17, 15) is 33.8 Å². The number of hydrogen-bond donors (Lipinski definition) is 4. The molecule has 1 fully saturated rings. The number of nitrogens with two attached hydrogens (primary N) is 1. The molecule has 3 heterocycles. The summed E-state index contributed by atoms with van der Waals surface area (Å²) in [7, 11) is 3.37. The summed E-state index contributed by atoms with van der Waals surface area (Å²) in [5, 5.41) is 31.2. The molecule has 0 spiro atoms. The van der Waals surface area contributed by atoms with Crippen LogP contribution in [-0.4, -0.2) is 111 Å². The number of carboxylic acid groups (broad SMARTS) is 1. The van der Waals surface area contributed by atoms with Gasteiger partial charge in [-0.1, -0.05) is 102 Å². The third-order valence-corrected chi connectivity index (χ3v) is 11.6. The number of carboxylic acids is 1. The number of nitrogens with one attached hydrogen (secondary N) is 2. The molecule has 18 heteroatoms. The molecule has 0 bridgehead atoms. The number of amides is 3. The minimum Gasteiger partial charge on any atom is -0.543 e. The number of rotatable bonds is 17. The number of fused-ring (bicyclic) bond motifs is 1. The lowest BCUT2D eigenvalue weighted by Gasteiger charge is -2.50. The number of quaternary nitrogens is 1. The Bertz CT molecular complexity index is 2110. The van der Waals surface area contributed by atoms with E-state index in [-0.39, 0.29) is 39.0 Å². The van der Waals surface area contributed by atoms with Crippen LogP contribution in [0.3, 0.4) is 0 Å². The number of oxime groups is 1. The molecule has 4 aromatic rings. The van der Waals surface area contributed by atoms with Crippen LogP contribution in [0.5, 0.6) is 0 Å². The maximum atomic E-state index is 13.8. The number of hydrogen-bond acceptors (Lipinski definition) is 13. The zero-order valence-electron chi connectivity index (χ0n) is 30.8. The molecule has 15 nitrogen and oxygen atoms in total. The van der Waals surface area contributed by atoms with Crippen molar-refractivity contribution in [1.29, 1.82) is 0 Å². The van der Waals surface area contributed by atoms with Crippen molar-refractivity contribution in [1.82, 2.24) is 19.6 Å². The molecule has 3 atom stereocenters. The SMILES string of the molecule is C[N+](C)(C/C=C/C1=C(C(=O)[O-])N2C(=O)[C@@H](NC(=O)/C(=N/OCF)c3nsc(NC(c4ccccc4)(c4ccccc4)c4ccccc4)n3)[C@H]2SC1)[C@H](CO)C(N)=O. The van der Waals surface area contributed by atoms with Crippen LogP contribution in [0.1, 0.15) is 22.5 Å². The maximum Gasteiger partial charge on any atom is 0.278 e. The minimum absolute atomic E-state index is 0.00184. The number of aromatic nitrogens is 2. The molecule has 5 N–H and O–H groups in total. The van der Waals surface area contributed by atoms with Crippen LogP contribution >= 0.6 is 23.3 Å². The summed E-state index contributed by atoms with van der Waals surface area (Å²) in [5.41, 5.74) is 6.50. The first-order chi connectivity index (χ1) is 27.4. The highest BCUT2D eigenvalue weighted by Gasteiger charge is 2.53. The van der Waals surface area contributed by atoms with Gasteiger partial charge in [-0.05, 0) is 28.3 Å². The number of β-lactam (4-membered cyclic amide) rings is 1. The van der Waals surface area contributed by atoms with E-state index in [0.717, 1.165) is 33.1 Å². The molecule has 1 aromatic heterocycles. The fraction of sp³-hybridized carbons (Fsp3) is 0.256. The van der Waals surface area contributed by atoms with Gasteiger partial charge in [0.2, 0.25) is 16.7 Å². The number of alkyl halides is 1. The van der Waals surface area contributed by atoms with Crippen LogP contribution in [0.25, 0.3) is 0 Å². The number of carbonyl (C=O) groups is 4. The zero-order chi connectivity index (χ0) is 40.7. The van der Waals surface area contributed by atoms with E-state index in [1.54, 1.807) is 20.2 Å². The number of carbonyl (C=O) groups excluding carboxylic acids is 4. The number of allylic oxidation sites excluding steroid dienone is 1. The standard InChI is InChI=1S/C39H39FN8O7S2/c1-48(2,28(21-49)32(41)50)20-12-13-24-22-56-36-30(35(52)47(36)31(24)37(53)54)42-34(51)29(45-55-23-40)33-43-38(57-46-33)44-39(25-14-6-3-7-15-25,26-16-8-4-9-17-26)27-18-10-5-11-19-27/h3-19,28,30,36,49H,20-23H2,1-2H3,(H4-,41,42,43,44,46,50,51,53,54)/b13-12+,45-29+/t28-,30-,36-/m1/s1. The van der Waals surface area contributed by atoms with Gasteiger partial charge >= 0.3 is 0 Å². The topological polar surface area (TPSA) is 212 Å². The number of benzene rings is 3. The summed E-state index contributed by atoms with van der Waals surface area (Å²) in [6.07, 6.45) is 3.14. The van der Waals surface area contributed by atoms with Crippen LogP contribution < -0.4 is 21.5 Å². The van der Waals surface area contributed by atoms with E-state index in [4.69, 9.17) is 5.73 Å². The number of aliphatic carboxylic acids is 1. The number of nitrogens with zero attached hydrogens (tertiary/aromatic N) is 5. The number of primary amides is 1. The molecule has 2 aliphatic rings. The van der Waals surface area contributed by atoms with Crippen molar-refractivity contribution in [3.63, 3.8) is 0 Å². The number of anilines is 1. The second kappa shape index (κ2) is 17.5. The third-order valence-electron chi connectivity index (χ3n) is 9.69. The summed E-state index contributed by atoms with van der Waals surface area (Å²) in [6.45, 7) is -1.64.